The van der Waals surface area contributed by atoms with Crippen LogP contribution in [0.15, 0.2) is 42.5 Å². The minimum Gasteiger partial charge on any atom is -0.497 e. The van der Waals surface area contributed by atoms with Gasteiger partial charge in [-0.15, -0.1) is 0 Å². The van der Waals surface area contributed by atoms with Crippen molar-refractivity contribution < 1.29 is 9.13 Å². The number of nitrogens with zero attached hydrogens (tertiary/aromatic N) is 2. The zero-order valence-electron chi connectivity index (χ0n) is 13.2. The molecule has 0 aliphatic heterocycles. The molecule has 5 nitrogen and oxygen atoms in total. The molecule has 120 valence electrons. The first-order valence-electron chi connectivity index (χ1n) is 7.50. The third kappa shape index (κ3) is 2.32. The Morgan fingerprint density at radius 2 is 1.88 bits per heavy atom. The van der Waals surface area contributed by atoms with Gasteiger partial charge in [-0.25, -0.2) is 4.39 Å². The largest absolute Gasteiger partial charge is 0.497 e. The van der Waals surface area contributed by atoms with Crippen LogP contribution in [0.2, 0.25) is 0 Å². The van der Waals surface area contributed by atoms with Crippen LogP contribution < -0.4 is 4.74 Å². The molecule has 0 saturated heterocycles. The molecule has 0 saturated carbocycles. The normalized spacial score (nSPS) is 11.1. The summed E-state index contributed by atoms with van der Waals surface area (Å²) in [6.07, 6.45) is 0. The quantitative estimate of drug-likeness (QED) is 0.597. The molecule has 24 heavy (non-hydrogen) atoms. The first kappa shape index (κ1) is 14.4. The van der Waals surface area contributed by atoms with Gasteiger partial charge in [0.1, 0.15) is 23.0 Å². The Balaban J connectivity index is 1.85. The molecule has 0 aliphatic carbocycles. The third-order valence-electron chi connectivity index (χ3n) is 4.05. The Hall–Kier alpha value is -3.15. The number of H-pyrrole nitrogens is 2. The lowest BCUT2D eigenvalue weighted by molar-refractivity contribution is 0.415. The van der Waals surface area contributed by atoms with Crippen LogP contribution in [0.3, 0.4) is 0 Å². The van der Waals surface area contributed by atoms with E-state index >= 15 is 0 Å². The fourth-order valence-electron chi connectivity index (χ4n) is 2.78. The number of hydrogen-bond donors (Lipinski definition) is 2. The second-order valence-electron chi connectivity index (χ2n) is 5.62. The van der Waals surface area contributed by atoms with E-state index in [1.54, 1.807) is 20.1 Å². The van der Waals surface area contributed by atoms with E-state index in [1.807, 2.05) is 30.3 Å². The molecule has 0 spiro atoms. The summed E-state index contributed by atoms with van der Waals surface area (Å²) in [7, 11) is 1.62. The number of aryl methyl sites for hydroxylation is 1. The SMILES string of the molecule is COc1cccc(-c2n[nH]nc2-c2cc3cc(F)c(C)cc3[nH]2)c1. The van der Waals surface area contributed by atoms with Crippen LogP contribution in [0.25, 0.3) is 33.5 Å². The maximum absolute atomic E-state index is 13.8. The Morgan fingerprint density at radius 3 is 2.71 bits per heavy atom. The molecule has 0 radical (unpaired) electrons. The van der Waals surface area contributed by atoms with Gasteiger partial charge < -0.3 is 9.72 Å². The molecule has 0 amide bonds. The fraction of sp³-hybridized carbons (Fsp3) is 0.111. The molecule has 4 aromatic rings. The van der Waals surface area contributed by atoms with Gasteiger partial charge in [-0.2, -0.15) is 15.4 Å². The van der Waals surface area contributed by atoms with E-state index in [0.29, 0.717) is 17.0 Å². The molecule has 0 aliphatic rings. The average Bonchev–Trinajstić information content (AvgIpc) is 3.22. The van der Waals surface area contributed by atoms with Crippen LogP contribution in [-0.2, 0) is 0 Å². The van der Waals surface area contributed by atoms with Crippen LogP contribution in [0.5, 0.6) is 5.75 Å². The monoisotopic (exact) mass is 322 g/mol. The van der Waals surface area contributed by atoms with Gasteiger partial charge in [-0.3, -0.25) is 0 Å². The second-order valence-corrected chi connectivity index (χ2v) is 5.62. The molecule has 2 aromatic heterocycles. The highest BCUT2D eigenvalue weighted by Crippen LogP contribution is 2.32. The van der Waals surface area contributed by atoms with E-state index in [9.17, 15) is 4.39 Å². The second kappa shape index (κ2) is 5.49. The van der Waals surface area contributed by atoms with Crippen molar-refractivity contribution in [2.45, 2.75) is 6.92 Å². The van der Waals surface area contributed by atoms with Crippen molar-refractivity contribution in [3.05, 3.63) is 53.8 Å². The summed E-state index contributed by atoms with van der Waals surface area (Å²) in [6, 6.07) is 12.8. The zero-order chi connectivity index (χ0) is 16.7. The Bertz CT molecular complexity index is 996. The number of hydrogen-bond acceptors (Lipinski definition) is 3. The van der Waals surface area contributed by atoms with Gasteiger partial charge in [0.2, 0.25) is 0 Å². The number of fused-ring (bicyclic) bond motifs is 1. The number of ether oxygens (including phenoxy) is 1. The lowest BCUT2D eigenvalue weighted by Crippen LogP contribution is -1.86. The molecule has 0 fully saturated rings. The summed E-state index contributed by atoms with van der Waals surface area (Å²) in [5, 5.41) is 12.0. The molecule has 2 heterocycles. The van der Waals surface area contributed by atoms with E-state index in [4.69, 9.17) is 4.74 Å². The summed E-state index contributed by atoms with van der Waals surface area (Å²) in [4.78, 5) is 3.28. The maximum atomic E-state index is 13.8. The van der Waals surface area contributed by atoms with Gasteiger partial charge in [0.25, 0.3) is 0 Å². The predicted molar refractivity (Wildman–Crippen MR) is 90.4 cm³/mol. The number of aromatic nitrogens is 4. The lowest BCUT2D eigenvalue weighted by Gasteiger charge is -2.03. The minimum absolute atomic E-state index is 0.221. The smallest absolute Gasteiger partial charge is 0.137 e. The van der Waals surface area contributed by atoms with Crippen molar-refractivity contribution in [2.24, 2.45) is 0 Å². The molecule has 0 bridgehead atoms. The van der Waals surface area contributed by atoms with E-state index < -0.39 is 0 Å². The Kier molecular flexibility index (Phi) is 3.30. The summed E-state index contributed by atoms with van der Waals surface area (Å²) in [6.45, 7) is 1.74. The van der Waals surface area contributed by atoms with Crippen LogP contribution in [0, 0.1) is 12.7 Å². The van der Waals surface area contributed by atoms with Gasteiger partial charge in [0.15, 0.2) is 0 Å². The molecule has 0 atom stereocenters. The van der Waals surface area contributed by atoms with Crippen molar-refractivity contribution in [1.29, 1.82) is 0 Å². The maximum Gasteiger partial charge on any atom is 0.137 e. The highest BCUT2D eigenvalue weighted by Gasteiger charge is 2.15. The molecular formula is C18H15FN4O. The van der Waals surface area contributed by atoms with Crippen molar-refractivity contribution >= 4 is 10.9 Å². The number of benzene rings is 2. The Morgan fingerprint density at radius 1 is 1.04 bits per heavy atom. The van der Waals surface area contributed by atoms with Crippen LogP contribution >= 0.6 is 0 Å². The van der Waals surface area contributed by atoms with Crippen molar-refractivity contribution in [3.8, 4) is 28.4 Å². The van der Waals surface area contributed by atoms with E-state index in [2.05, 4.69) is 20.4 Å². The van der Waals surface area contributed by atoms with Crippen LogP contribution in [0.4, 0.5) is 4.39 Å². The summed E-state index contributed by atoms with van der Waals surface area (Å²) < 4.78 is 19.0. The number of halogens is 1. The standard InChI is InChI=1S/C18H15FN4O/c1-10-6-15-12(8-14(10)19)9-16(20-15)18-17(21-23-22-18)11-4-3-5-13(7-11)24-2/h3-9,20H,1-2H3,(H,21,22,23). The van der Waals surface area contributed by atoms with E-state index in [-0.39, 0.29) is 5.82 Å². The summed E-state index contributed by atoms with van der Waals surface area (Å²) >= 11 is 0. The highest BCUT2D eigenvalue weighted by molar-refractivity contribution is 5.88. The van der Waals surface area contributed by atoms with Gasteiger partial charge in [0.05, 0.1) is 12.8 Å². The minimum atomic E-state index is -0.221. The van der Waals surface area contributed by atoms with Gasteiger partial charge in [0, 0.05) is 16.5 Å². The number of aromatic amines is 2. The molecule has 2 aromatic carbocycles. The molecule has 6 heteroatoms. The summed E-state index contributed by atoms with van der Waals surface area (Å²) in [5.41, 5.74) is 4.52. The number of nitrogens with one attached hydrogen (secondary N) is 2. The van der Waals surface area contributed by atoms with E-state index in [1.165, 1.54) is 6.07 Å². The van der Waals surface area contributed by atoms with Crippen molar-refractivity contribution in [3.63, 3.8) is 0 Å². The first-order chi connectivity index (χ1) is 11.7. The molecular weight excluding hydrogens is 307 g/mol. The van der Waals surface area contributed by atoms with Gasteiger partial charge in [-0.1, -0.05) is 12.1 Å². The fourth-order valence-corrected chi connectivity index (χ4v) is 2.78. The van der Waals surface area contributed by atoms with Crippen molar-refractivity contribution in [2.75, 3.05) is 7.11 Å². The van der Waals surface area contributed by atoms with Gasteiger partial charge in [-0.05, 0) is 42.8 Å². The van der Waals surface area contributed by atoms with E-state index in [0.717, 1.165) is 27.9 Å². The van der Waals surface area contributed by atoms with Gasteiger partial charge >= 0.3 is 0 Å². The molecule has 0 unspecified atom stereocenters. The third-order valence-corrected chi connectivity index (χ3v) is 4.05. The predicted octanol–water partition coefficient (Wildman–Crippen LogP) is 4.08. The Labute approximate surface area is 137 Å². The average molecular weight is 322 g/mol. The summed E-state index contributed by atoms with van der Waals surface area (Å²) in [5.74, 6) is 0.525. The zero-order valence-corrected chi connectivity index (χ0v) is 13.2. The lowest BCUT2D eigenvalue weighted by atomic mass is 10.1. The molecule has 4 rings (SSSR count). The molecule has 2 N–H and O–H groups in total. The number of methoxy groups -OCH3 is 1. The van der Waals surface area contributed by atoms with Crippen molar-refractivity contribution in [1.82, 2.24) is 20.4 Å². The van der Waals surface area contributed by atoms with Crippen LogP contribution in [-0.4, -0.2) is 27.5 Å². The van der Waals surface area contributed by atoms with Crippen LogP contribution in [0.1, 0.15) is 5.56 Å². The highest BCUT2D eigenvalue weighted by atomic mass is 19.1. The topological polar surface area (TPSA) is 66.6 Å². The first-order valence-corrected chi connectivity index (χ1v) is 7.50. The number of rotatable bonds is 3.